The predicted molar refractivity (Wildman–Crippen MR) is 88.8 cm³/mol. The van der Waals surface area contributed by atoms with Crippen LogP contribution >= 0.6 is 0 Å². The number of benzene rings is 1. The third-order valence-corrected chi connectivity index (χ3v) is 3.74. The van der Waals surface area contributed by atoms with Gasteiger partial charge in [-0.05, 0) is 55.2 Å². The Morgan fingerprint density at radius 3 is 2.40 bits per heavy atom. The SMILES string of the molecule is CC/C=C\CC(CC)c1ccc(OCC)c(C(C)C)c1. The van der Waals surface area contributed by atoms with Gasteiger partial charge in [-0.25, -0.2) is 0 Å². The largest absolute Gasteiger partial charge is 0.494 e. The van der Waals surface area contributed by atoms with Gasteiger partial charge < -0.3 is 4.74 Å². The number of allylic oxidation sites excluding steroid dienone is 2. The molecule has 0 aliphatic heterocycles. The van der Waals surface area contributed by atoms with Crippen molar-refractivity contribution in [3.63, 3.8) is 0 Å². The second-order valence-electron chi connectivity index (χ2n) is 5.61. The summed E-state index contributed by atoms with van der Waals surface area (Å²) < 4.78 is 5.75. The van der Waals surface area contributed by atoms with Crippen molar-refractivity contribution >= 4 is 0 Å². The lowest BCUT2D eigenvalue weighted by molar-refractivity contribution is 0.335. The number of ether oxygens (including phenoxy) is 1. The van der Waals surface area contributed by atoms with E-state index < -0.39 is 0 Å². The van der Waals surface area contributed by atoms with Crippen molar-refractivity contribution in [1.82, 2.24) is 0 Å². The highest BCUT2D eigenvalue weighted by atomic mass is 16.5. The van der Waals surface area contributed by atoms with Crippen molar-refractivity contribution in [1.29, 1.82) is 0 Å². The first-order chi connectivity index (χ1) is 9.63. The monoisotopic (exact) mass is 274 g/mol. The molecule has 0 saturated carbocycles. The van der Waals surface area contributed by atoms with E-state index in [4.69, 9.17) is 4.74 Å². The molecule has 1 rings (SSSR count). The molecule has 0 aliphatic rings. The zero-order valence-corrected chi connectivity index (χ0v) is 13.8. The summed E-state index contributed by atoms with van der Waals surface area (Å²) in [6.45, 7) is 11.7. The Bertz CT molecular complexity index is 418. The first-order valence-corrected chi connectivity index (χ1v) is 8.05. The molecule has 1 aromatic carbocycles. The molecule has 1 heteroatoms. The van der Waals surface area contributed by atoms with E-state index in [1.54, 1.807) is 0 Å². The molecule has 0 N–H and O–H groups in total. The first-order valence-electron chi connectivity index (χ1n) is 8.05. The van der Waals surface area contributed by atoms with Gasteiger partial charge in [-0.3, -0.25) is 0 Å². The van der Waals surface area contributed by atoms with Crippen LogP contribution in [0.5, 0.6) is 5.75 Å². The van der Waals surface area contributed by atoms with Gasteiger partial charge in [0, 0.05) is 0 Å². The fourth-order valence-electron chi connectivity index (χ4n) is 2.52. The maximum atomic E-state index is 5.75. The minimum atomic E-state index is 0.500. The van der Waals surface area contributed by atoms with E-state index in [1.165, 1.54) is 17.5 Å². The van der Waals surface area contributed by atoms with Crippen LogP contribution in [-0.4, -0.2) is 6.61 Å². The fourth-order valence-corrected chi connectivity index (χ4v) is 2.52. The van der Waals surface area contributed by atoms with Crippen molar-refractivity contribution in [2.24, 2.45) is 0 Å². The molecule has 1 unspecified atom stereocenters. The highest BCUT2D eigenvalue weighted by Crippen LogP contribution is 2.32. The third-order valence-electron chi connectivity index (χ3n) is 3.74. The Morgan fingerprint density at radius 1 is 1.10 bits per heavy atom. The number of hydrogen-bond donors (Lipinski definition) is 0. The lowest BCUT2D eigenvalue weighted by atomic mass is 9.89. The van der Waals surface area contributed by atoms with Crippen molar-refractivity contribution in [3.8, 4) is 5.75 Å². The highest BCUT2D eigenvalue weighted by Gasteiger charge is 2.13. The van der Waals surface area contributed by atoms with Gasteiger partial charge in [0.15, 0.2) is 0 Å². The van der Waals surface area contributed by atoms with E-state index in [2.05, 4.69) is 58.0 Å². The Hall–Kier alpha value is -1.24. The molecule has 0 aromatic heterocycles. The van der Waals surface area contributed by atoms with Gasteiger partial charge in [0.1, 0.15) is 5.75 Å². The van der Waals surface area contributed by atoms with Crippen LogP contribution in [0.1, 0.15) is 76.8 Å². The summed E-state index contributed by atoms with van der Waals surface area (Å²) >= 11 is 0. The van der Waals surface area contributed by atoms with Crippen LogP contribution in [0.25, 0.3) is 0 Å². The van der Waals surface area contributed by atoms with Crippen molar-refractivity contribution < 1.29 is 4.74 Å². The zero-order valence-electron chi connectivity index (χ0n) is 13.8. The minimum absolute atomic E-state index is 0.500. The molecule has 0 saturated heterocycles. The van der Waals surface area contributed by atoms with Crippen molar-refractivity contribution in [2.75, 3.05) is 6.61 Å². The quantitative estimate of drug-likeness (QED) is 0.524. The molecular weight excluding hydrogens is 244 g/mol. The summed E-state index contributed by atoms with van der Waals surface area (Å²) in [5.41, 5.74) is 2.78. The summed E-state index contributed by atoms with van der Waals surface area (Å²) in [7, 11) is 0. The van der Waals surface area contributed by atoms with Crippen molar-refractivity contribution in [2.45, 2.75) is 65.7 Å². The van der Waals surface area contributed by atoms with E-state index in [0.29, 0.717) is 11.8 Å². The Balaban J connectivity index is 2.99. The molecule has 1 aromatic rings. The molecule has 1 atom stereocenters. The van der Waals surface area contributed by atoms with Crippen LogP contribution in [0.3, 0.4) is 0 Å². The van der Waals surface area contributed by atoms with Crippen LogP contribution in [-0.2, 0) is 0 Å². The van der Waals surface area contributed by atoms with Gasteiger partial charge in [0.25, 0.3) is 0 Å². The number of rotatable bonds is 8. The fraction of sp³-hybridized carbons (Fsp3) is 0.579. The van der Waals surface area contributed by atoms with Gasteiger partial charge >= 0.3 is 0 Å². The Kier molecular flexibility index (Phi) is 7.43. The van der Waals surface area contributed by atoms with E-state index in [9.17, 15) is 0 Å². The lowest BCUT2D eigenvalue weighted by Crippen LogP contribution is -2.02. The smallest absolute Gasteiger partial charge is 0.122 e. The first kappa shape index (κ1) is 16.8. The van der Waals surface area contributed by atoms with Gasteiger partial charge in [-0.1, -0.05) is 52.0 Å². The van der Waals surface area contributed by atoms with Crippen LogP contribution < -0.4 is 4.74 Å². The topological polar surface area (TPSA) is 9.23 Å². The molecule has 0 aliphatic carbocycles. The van der Waals surface area contributed by atoms with Crippen LogP contribution in [0, 0.1) is 0 Å². The average Bonchev–Trinajstić information content (AvgIpc) is 2.44. The van der Waals surface area contributed by atoms with Gasteiger partial charge in [-0.2, -0.15) is 0 Å². The molecule has 1 nitrogen and oxygen atoms in total. The standard InChI is InChI=1S/C19H30O/c1-6-9-10-11-16(7-2)17-12-13-19(20-8-3)18(14-17)15(4)5/h9-10,12-16H,6-8,11H2,1-5H3/b10-9-. The molecule has 0 amide bonds. The normalized spacial score (nSPS) is 13.1. The molecule has 0 bridgehead atoms. The third kappa shape index (κ3) is 4.70. The molecular formula is C19H30O. The molecule has 112 valence electrons. The minimum Gasteiger partial charge on any atom is -0.494 e. The van der Waals surface area contributed by atoms with E-state index in [-0.39, 0.29) is 0 Å². The van der Waals surface area contributed by atoms with Crippen molar-refractivity contribution in [3.05, 3.63) is 41.5 Å². The predicted octanol–water partition coefficient (Wildman–Crippen LogP) is 6.06. The summed E-state index contributed by atoms with van der Waals surface area (Å²) in [5, 5.41) is 0. The molecule has 0 heterocycles. The molecule has 0 radical (unpaired) electrons. The summed E-state index contributed by atoms with van der Waals surface area (Å²) in [6.07, 6.45) is 8.02. The van der Waals surface area contributed by atoms with Crippen LogP contribution in [0.2, 0.25) is 0 Å². The zero-order chi connectivity index (χ0) is 15.0. The second-order valence-corrected chi connectivity index (χ2v) is 5.61. The maximum absolute atomic E-state index is 5.75. The molecule has 20 heavy (non-hydrogen) atoms. The molecule has 0 fully saturated rings. The summed E-state index contributed by atoms with van der Waals surface area (Å²) in [6, 6.07) is 6.74. The Morgan fingerprint density at radius 2 is 1.85 bits per heavy atom. The maximum Gasteiger partial charge on any atom is 0.122 e. The number of hydrogen-bond acceptors (Lipinski definition) is 1. The molecule has 0 spiro atoms. The van der Waals surface area contributed by atoms with Crippen LogP contribution in [0.4, 0.5) is 0 Å². The van der Waals surface area contributed by atoms with Crippen LogP contribution in [0.15, 0.2) is 30.4 Å². The summed E-state index contributed by atoms with van der Waals surface area (Å²) in [5.74, 6) is 2.16. The van der Waals surface area contributed by atoms with E-state index >= 15 is 0 Å². The van der Waals surface area contributed by atoms with Gasteiger partial charge in [-0.15, -0.1) is 0 Å². The van der Waals surface area contributed by atoms with Gasteiger partial charge in [0.2, 0.25) is 0 Å². The lowest BCUT2D eigenvalue weighted by Gasteiger charge is -2.19. The average molecular weight is 274 g/mol. The Labute approximate surface area is 125 Å². The van der Waals surface area contributed by atoms with E-state index in [1.807, 2.05) is 6.92 Å². The highest BCUT2D eigenvalue weighted by molar-refractivity contribution is 5.40. The summed E-state index contributed by atoms with van der Waals surface area (Å²) in [4.78, 5) is 0. The van der Waals surface area contributed by atoms with E-state index in [0.717, 1.165) is 25.2 Å². The van der Waals surface area contributed by atoms with Gasteiger partial charge in [0.05, 0.1) is 6.61 Å². The second kappa shape index (κ2) is 8.84.